The molecule has 0 amide bonds. The van der Waals surface area contributed by atoms with E-state index < -0.39 is 0 Å². The molecule has 12 heavy (non-hydrogen) atoms. The van der Waals surface area contributed by atoms with Crippen molar-refractivity contribution in [3.63, 3.8) is 0 Å². The first-order valence-electron chi connectivity index (χ1n) is 5.16. The molecule has 0 heterocycles. The number of unbranched alkanes of at least 4 members (excludes halogenated alkanes) is 4. The maximum Gasteiger partial charge on any atom is 0.0471 e. The van der Waals surface area contributed by atoms with Crippen LogP contribution >= 0.6 is 0 Å². The zero-order valence-electron chi connectivity index (χ0n) is 8.26. The Kier molecular flexibility index (Phi) is 8.95. The van der Waals surface area contributed by atoms with E-state index in [1.54, 1.807) is 0 Å². The van der Waals surface area contributed by atoms with Crippen LogP contribution in [0.3, 0.4) is 0 Å². The zero-order valence-corrected chi connectivity index (χ0v) is 8.26. The number of hydrogen-bond acceptors (Lipinski definition) is 2. The van der Waals surface area contributed by atoms with Crippen molar-refractivity contribution in [2.45, 2.75) is 45.4 Å². The maximum atomic E-state index is 8.85. The summed E-state index contributed by atoms with van der Waals surface area (Å²) in [5.74, 6) is 0.339. The van der Waals surface area contributed by atoms with Gasteiger partial charge >= 0.3 is 0 Å². The molecule has 0 aliphatic rings. The lowest BCUT2D eigenvalue weighted by molar-refractivity contribution is 0.219. The van der Waals surface area contributed by atoms with Crippen LogP contribution in [-0.2, 0) is 0 Å². The van der Waals surface area contributed by atoms with Gasteiger partial charge < -0.3 is 10.8 Å². The first-order chi connectivity index (χ1) is 5.85. The average molecular weight is 173 g/mol. The molecule has 1 unspecified atom stereocenters. The van der Waals surface area contributed by atoms with Gasteiger partial charge in [-0.3, -0.25) is 0 Å². The molecule has 0 aromatic carbocycles. The van der Waals surface area contributed by atoms with Crippen molar-refractivity contribution in [1.29, 1.82) is 0 Å². The highest BCUT2D eigenvalue weighted by Gasteiger charge is 2.03. The van der Waals surface area contributed by atoms with Gasteiger partial charge in [-0.15, -0.1) is 0 Å². The standard InChI is InChI=1S/C10H23NO/c1-2-3-4-5-6-7-10(8-11)9-12/h10,12H,2-9,11H2,1H3. The molecule has 0 aromatic rings. The second kappa shape index (κ2) is 9.01. The quantitative estimate of drug-likeness (QED) is 0.551. The second-order valence-electron chi connectivity index (χ2n) is 3.49. The summed E-state index contributed by atoms with van der Waals surface area (Å²) >= 11 is 0. The Hall–Kier alpha value is -0.0800. The minimum Gasteiger partial charge on any atom is -0.396 e. The minimum absolute atomic E-state index is 0.254. The molecular weight excluding hydrogens is 150 g/mol. The van der Waals surface area contributed by atoms with Gasteiger partial charge in [0.25, 0.3) is 0 Å². The molecule has 0 bridgehead atoms. The topological polar surface area (TPSA) is 46.2 Å². The van der Waals surface area contributed by atoms with Gasteiger partial charge in [0.15, 0.2) is 0 Å². The Morgan fingerprint density at radius 2 is 1.83 bits per heavy atom. The van der Waals surface area contributed by atoms with Crippen LogP contribution in [0, 0.1) is 5.92 Å². The SMILES string of the molecule is CCCCCCCC(CN)CO. The Balaban J connectivity index is 3.06. The highest BCUT2D eigenvalue weighted by molar-refractivity contribution is 4.57. The first-order valence-corrected chi connectivity index (χ1v) is 5.16. The van der Waals surface area contributed by atoms with Crippen molar-refractivity contribution in [3.05, 3.63) is 0 Å². The van der Waals surface area contributed by atoms with Gasteiger partial charge in [0, 0.05) is 6.61 Å². The van der Waals surface area contributed by atoms with Gasteiger partial charge in [0.1, 0.15) is 0 Å². The molecule has 0 fully saturated rings. The predicted octanol–water partition coefficient (Wildman–Crippen LogP) is 1.91. The van der Waals surface area contributed by atoms with E-state index in [0.29, 0.717) is 12.5 Å². The van der Waals surface area contributed by atoms with E-state index in [1.165, 1.54) is 32.1 Å². The summed E-state index contributed by atoms with van der Waals surface area (Å²) in [6.07, 6.45) is 7.58. The van der Waals surface area contributed by atoms with Crippen LogP contribution in [0.5, 0.6) is 0 Å². The summed E-state index contributed by atoms with van der Waals surface area (Å²) in [5, 5.41) is 8.85. The van der Waals surface area contributed by atoms with E-state index in [2.05, 4.69) is 6.92 Å². The third-order valence-electron chi connectivity index (χ3n) is 2.31. The molecule has 0 saturated carbocycles. The second-order valence-corrected chi connectivity index (χ2v) is 3.49. The van der Waals surface area contributed by atoms with Gasteiger partial charge in [0.2, 0.25) is 0 Å². The Labute approximate surface area is 76.2 Å². The number of aliphatic hydroxyl groups is 1. The van der Waals surface area contributed by atoms with Crippen molar-refractivity contribution in [2.75, 3.05) is 13.2 Å². The molecule has 0 saturated heterocycles. The lowest BCUT2D eigenvalue weighted by Gasteiger charge is -2.10. The normalized spacial score (nSPS) is 13.2. The van der Waals surface area contributed by atoms with Crippen LogP contribution in [-0.4, -0.2) is 18.3 Å². The maximum absolute atomic E-state index is 8.85. The van der Waals surface area contributed by atoms with Crippen LogP contribution in [0.25, 0.3) is 0 Å². The van der Waals surface area contributed by atoms with Crippen LogP contribution < -0.4 is 5.73 Å². The van der Waals surface area contributed by atoms with Gasteiger partial charge in [-0.2, -0.15) is 0 Å². The molecular formula is C10H23NO. The van der Waals surface area contributed by atoms with E-state index in [9.17, 15) is 0 Å². The molecule has 2 heteroatoms. The van der Waals surface area contributed by atoms with Crippen molar-refractivity contribution in [3.8, 4) is 0 Å². The highest BCUT2D eigenvalue weighted by Crippen LogP contribution is 2.10. The molecule has 0 aliphatic heterocycles. The Bertz CT molecular complexity index is 81.9. The molecule has 3 N–H and O–H groups in total. The third kappa shape index (κ3) is 6.62. The van der Waals surface area contributed by atoms with Gasteiger partial charge in [-0.25, -0.2) is 0 Å². The molecule has 0 rings (SSSR count). The van der Waals surface area contributed by atoms with Crippen LogP contribution in [0.2, 0.25) is 0 Å². The lowest BCUT2D eigenvalue weighted by Crippen LogP contribution is -2.17. The van der Waals surface area contributed by atoms with E-state index in [-0.39, 0.29) is 6.61 Å². The van der Waals surface area contributed by atoms with Crippen LogP contribution in [0.4, 0.5) is 0 Å². The predicted molar refractivity (Wildman–Crippen MR) is 53.0 cm³/mol. The largest absolute Gasteiger partial charge is 0.396 e. The number of rotatable bonds is 8. The fraction of sp³-hybridized carbons (Fsp3) is 1.00. The molecule has 1 atom stereocenters. The minimum atomic E-state index is 0.254. The Morgan fingerprint density at radius 3 is 2.33 bits per heavy atom. The van der Waals surface area contributed by atoms with Gasteiger partial charge in [-0.05, 0) is 18.9 Å². The fourth-order valence-corrected chi connectivity index (χ4v) is 1.32. The Morgan fingerprint density at radius 1 is 1.17 bits per heavy atom. The van der Waals surface area contributed by atoms with Crippen molar-refractivity contribution >= 4 is 0 Å². The van der Waals surface area contributed by atoms with Crippen molar-refractivity contribution in [2.24, 2.45) is 11.7 Å². The van der Waals surface area contributed by atoms with Gasteiger partial charge in [-0.1, -0.05) is 39.0 Å². The van der Waals surface area contributed by atoms with Crippen LogP contribution in [0.15, 0.2) is 0 Å². The number of aliphatic hydroxyl groups excluding tert-OH is 1. The number of nitrogens with two attached hydrogens (primary N) is 1. The smallest absolute Gasteiger partial charge is 0.0471 e. The lowest BCUT2D eigenvalue weighted by atomic mass is 10.0. The van der Waals surface area contributed by atoms with E-state index in [0.717, 1.165) is 6.42 Å². The molecule has 0 radical (unpaired) electrons. The zero-order chi connectivity index (χ0) is 9.23. The van der Waals surface area contributed by atoms with Crippen molar-refractivity contribution < 1.29 is 5.11 Å². The summed E-state index contributed by atoms with van der Waals surface area (Å²) < 4.78 is 0. The first kappa shape index (κ1) is 11.9. The average Bonchev–Trinajstić information content (AvgIpc) is 2.11. The summed E-state index contributed by atoms with van der Waals surface area (Å²) in [4.78, 5) is 0. The number of hydrogen-bond donors (Lipinski definition) is 2. The summed E-state index contributed by atoms with van der Waals surface area (Å²) in [6.45, 7) is 3.10. The summed E-state index contributed by atoms with van der Waals surface area (Å²) in [5.41, 5.74) is 5.46. The van der Waals surface area contributed by atoms with E-state index in [4.69, 9.17) is 10.8 Å². The third-order valence-corrected chi connectivity index (χ3v) is 2.31. The summed E-state index contributed by atoms with van der Waals surface area (Å²) in [6, 6.07) is 0. The highest BCUT2D eigenvalue weighted by atomic mass is 16.3. The van der Waals surface area contributed by atoms with Crippen molar-refractivity contribution in [1.82, 2.24) is 0 Å². The van der Waals surface area contributed by atoms with Crippen LogP contribution in [0.1, 0.15) is 45.4 Å². The molecule has 74 valence electrons. The van der Waals surface area contributed by atoms with E-state index in [1.807, 2.05) is 0 Å². The molecule has 0 aliphatic carbocycles. The molecule has 2 nitrogen and oxygen atoms in total. The molecule has 0 spiro atoms. The fourth-order valence-electron chi connectivity index (χ4n) is 1.32. The van der Waals surface area contributed by atoms with Gasteiger partial charge in [0.05, 0.1) is 0 Å². The van der Waals surface area contributed by atoms with E-state index >= 15 is 0 Å². The molecule has 0 aromatic heterocycles. The monoisotopic (exact) mass is 173 g/mol. The summed E-state index contributed by atoms with van der Waals surface area (Å²) in [7, 11) is 0.